The molecule has 1 aromatic rings. The Labute approximate surface area is 139 Å². The van der Waals surface area contributed by atoms with Crippen LogP contribution in [0.3, 0.4) is 0 Å². The molecule has 0 N–H and O–H groups in total. The van der Waals surface area contributed by atoms with Crippen LogP contribution in [-0.4, -0.2) is 58.7 Å². The minimum atomic E-state index is 0.216. The highest BCUT2D eigenvalue weighted by molar-refractivity contribution is 5.76. The first kappa shape index (κ1) is 16.5. The predicted molar refractivity (Wildman–Crippen MR) is 91.3 cm³/mol. The van der Waals surface area contributed by atoms with Crippen LogP contribution in [0.2, 0.25) is 0 Å². The summed E-state index contributed by atoms with van der Waals surface area (Å²) in [4.78, 5) is 17.1. The molecule has 1 saturated heterocycles. The molecule has 2 aliphatic rings. The summed E-state index contributed by atoms with van der Waals surface area (Å²) >= 11 is 0. The van der Waals surface area contributed by atoms with Gasteiger partial charge >= 0.3 is 0 Å². The number of carbonyl (C=O) groups is 1. The summed E-state index contributed by atoms with van der Waals surface area (Å²) in [6, 6.07) is 0.512. The quantitative estimate of drug-likeness (QED) is 0.832. The number of carbonyl (C=O) groups excluding carboxylic acids is 1. The standard InChI is InChI=1S/C18H30N4O/c1-6-15-12(2)19-22(13(15)3)11-18(23)21-9-16(14-7-8-14)17(10-21)20(4)5/h14,16-17H,6-11H2,1-5H3/t16-,17+/m1/s1. The maximum absolute atomic E-state index is 12.8. The Hall–Kier alpha value is -1.36. The van der Waals surface area contributed by atoms with E-state index >= 15 is 0 Å². The van der Waals surface area contributed by atoms with Crippen molar-refractivity contribution in [3.63, 3.8) is 0 Å². The number of hydrogen-bond acceptors (Lipinski definition) is 3. The molecule has 5 nitrogen and oxygen atoms in total. The molecule has 2 atom stereocenters. The van der Waals surface area contributed by atoms with Crippen LogP contribution in [0.15, 0.2) is 0 Å². The summed E-state index contributed by atoms with van der Waals surface area (Å²) in [7, 11) is 4.28. The largest absolute Gasteiger partial charge is 0.339 e. The Bertz CT molecular complexity index is 578. The van der Waals surface area contributed by atoms with Crippen LogP contribution < -0.4 is 0 Å². The van der Waals surface area contributed by atoms with E-state index < -0.39 is 0 Å². The van der Waals surface area contributed by atoms with Crippen molar-refractivity contribution in [2.75, 3.05) is 27.2 Å². The van der Waals surface area contributed by atoms with Crippen LogP contribution >= 0.6 is 0 Å². The molecule has 0 aromatic carbocycles. The first-order valence-corrected chi connectivity index (χ1v) is 8.89. The molecule has 5 heteroatoms. The lowest BCUT2D eigenvalue weighted by Crippen LogP contribution is -2.37. The molecule has 0 radical (unpaired) electrons. The fourth-order valence-electron chi connectivity index (χ4n) is 4.18. The van der Waals surface area contributed by atoms with Crippen molar-refractivity contribution >= 4 is 5.91 Å². The fraction of sp³-hybridized carbons (Fsp3) is 0.778. The SMILES string of the molecule is CCc1c(C)nn(CC(=O)N2C[C@H](C3CC3)[C@@H](N(C)C)C2)c1C. The molecular formula is C18H30N4O. The number of aromatic nitrogens is 2. The van der Waals surface area contributed by atoms with Crippen LogP contribution in [0.4, 0.5) is 0 Å². The second kappa shape index (κ2) is 6.27. The summed E-state index contributed by atoms with van der Waals surface area (Å²) in [6.45, 7) is 8.43. The topological polar surface area (TPSA) is 41.4 Å². The molecule has 1 aromatic heterocycles. The average molecular weight is 318 g/mol. The average Bonchev–Trinajstić information content (AvgIpc) is 3.18. The van der Waals surface area contributed by atoms with Crippen molar-refractivity contribution in [2.45, 2.75) is 52.6 Å². The van der Waals surface area contributed by atoms with E-state index in [0.29, 0.717) is 18.5 Å². The fourth-order valence-corrected chi connectivity index (χ4v) is 4.18. The van der Waals surface area contributed by atoms with Crippen molar-refractivity contribution < 1.29 is 4.79 Å². The van der Waals surface area contributed by atoms with E-state index in [9.17, 15) is 4.79 Å². The lowest BCUT2D eigenvalue weighted by atomic mass is 9.97. The second-order valence-corrected chi connectivity index (χ2v) is 7.49. The first-order valence-electron chi connectivity index (χ1n) is 8.89. The summed E-state index contributed by atoms with van der Waals surface area (Å²) in [5.41, 5.74) is 3.47. The third-order valence-corrected chi connectivity index (χ3v) is 5.75. The molecule has 1 amide bonds. The van der Waals surface area contributed by atoms with Crippen LogP contribution in [0, 0.1) is 25.7 Å². The Kier molecular flexibility index (Phi) is 4.50. The minimum absolute atomic E-state index is 0.216. The summed E-state index contributed by atoms with van der Waals surface area (Å²) in [6.07, 6.45) is 3.66. The van der Waals surface area contributed by atoms with Gasteiger partial charge < -0.3 is 9.80 Å². The van der Waals surface area contributed by atoms with Gasteiger partial charge in [-0.3, -0.25) is 9.48 Å². The molecule has 2 heterocycles. The number of rotatable bonds is 5. The summed E-state index contributed by atoms with van der Waals surface area (Å²) in [5.74, 6) is 1.70. The normalized spacial score (nSPS) is 24.7. The van der Waals surface area contributed by atoms with Crippen molar-refractivity contribution in [3.8, 4) is 0 Å². The van der Waals surface area contributed by atoms with Gasteiger partial charge in [0.1, 0.15) is 6.54 Å². The number of hydrogen-bond donors (Lipinski definition) is 0. The zero-order valence-electron chi connectivity index (χ0n) is 15.2. The molecule has 0 spiro atoms. The number of nitrogens with zero attached hydrogens (tertiary/aromatic N) is 4. The lowest BCUT2D eigenvalue weighted by molar-refractivity contribution is -0.131. The molecule has 0 unspecified atom stereocenters. The van der Waals surface area contributed by atoms with Gasteiger partial charge in [-0.25, -0.2) is 0 Å². The maximum Gasteiger partial charge on any atom is 0.244 e. The smallest absolute Gasteiger partial charge is 0.244 e. The van der Waals surface area contributed by atoms with E-state index in [0.717, 1.165) is 36.8 Å². The van der Waals surface area contributed by atoms with Gasteiger partial charge in [0, 0.05) is 24.8 Å². The zero-order valence-corrected chi connectivity index (χ0v) is 15.2. The van der Waals surface area contributed by atoms with Gasteiger partial charge in [-0.15, -0.1) is 0 Å². The van der Waals surface area contributed by atoms with E-state index in [4.69, 9.17) is 0 Å². The van der Waals surface area contributed by atoms with Crippen LogP contribution in [0.1, 0.15) is 36.7 Å². The van der Waals surface area contributed by atoms with Gasteiger partial charge in [0.25, 0.3) is 0 Å². The summed E-state index contributed by atoms with van der Waals surface area (Å²) < 4.78 is 1.89. The molecule has 0 bridgehead atoms. The van der Waals surface area contributed by atoms with E-state index in [1.54, 1.807) is 0 Å². The molecule has 2 fully saturated rings. The molecule has 128 valence electrons. The number of likely N-dealkylation sites (tertiary alicyclic amines) is 1. The minimum Gasteiger partial charge on any atom is -0.339 e. The first-order chi connectivity index (χ1) is 10.9. The van der Waals surface area contributed by atoms with Gasteiger partial charge in [0.05, 0.1) is 5.69 Å². The van der Waals surface area contributed by atoms with Gasteiger partial charge in [0.15, 0.2) is 0 Å². The van der Waals surface area contributed by atoms with E-state index in [1.165, 1.54) is 18.4 Å². The highest BCUT2D eigenvalue weighted by Crippen LogP contribution is 2.42. The van der Waals surface area contributed by atoms with Crippen LogP contribution in [0.5, 0.6) is 0 Å². The van der Waals surface area contributed by atoms with Gasteiger partial charge in [-0.2, -0.15) is 5.10 Å². The monoisotopic (exact) mass is 318 g/mol. The second-order valence-electron chi connectivity index (χ2n) is 7.49. The molecule has 3 rings (SSSR count). The highest BCUT2D eigenvalue weighted by atomic mass is 16.2. The number of aryl methyl sites for hydroxylation is 1. The van der Waals surface area contributed by atoms with E-state index in [1.807, 2.05) is 11.6 Å². The lowest BCUT2D eigenvalue weighted by Gasteiger charge is -2.24. The molecule has 23 heavy (non-hydrogen) atoms. The van der Waals surface area contributed by atoms with Crippen LogP contribution in [0.25, 0.3) is 0 Å². The van der Waals surface area contributed by atoms with Crippen molar-refractivity contribution in [1.82, 2.24) is 19.6 Å². The third-order valence-electron chi connectivity index (χ3n) is 5.75. The maximum atomic E-state index is 12.8. The van der Waals surface area contributed by atoms with Gasteiger partial charge in [0.2, 0.25) is 5.91 Å². The molecule has 1 aliphatic carbocycles. The van der Waals surface area contributed by atoms with Crippen molar-refractivity contribution in [2.24, 2.45) is 11.8 Å². The Balaban J connectivity index is 1.69. The highest BCUT2D eigenvalue weighted by Gasteiger charge is 2.44. The third kappa shape index (κ3) is 3.16. The van der Waals surface area contributed by atoms with Crippen molar-refractivity contribution in [1.29, 1.82) is 0 Å². The van der Waals surface area contributed by atoms with Gasteiger partial charge in [-0.1, -0.05) is 6.92 Å². The molecule has 1 saturated carbocycles. The summed E-state index contributed by atoms with van der Waals surface area (Å²) in [5, 5.41) is 4.57. The zero-order chi connectivity index (χ0) is 16.7. The number of likely N-dealkylation sites (N-methyl/N-ethyl adjacent to an activating group) is 1. The Morgan fingerprint density at radius 3 is 2.48 bits per heavy atom. The van der Waals surface area contributed by atoms with Gasteiger partial charge in [-0.05, 0) is 64.6 Å². The van der Waals surface area contributed by atoms with Crippen LogP contribution in [-0.2, 0) is 17.8 Å². The van der Waals surface area contributed by atoms with E-state index in [-0.39, 0.29) is 5.91 Å². The molecule has 1 aliphatic heterocycles. The predicted octanol–water partition coefficient (Wildman–Crippen LogP) is 1.86. The number of amides is 1. The molecular weight excluding hydrogens is 288 g/mol. The Morgan fingerprint density at radius 1 is 1.26 bits per heavy atom. The van der Waals surface area contributed by atoms with E-state index in [2.05, 4.69) is 42.8 Å². The Morgan fingerprint density at radius 2 is 1.96 bits per heavy atom. The van der Waals surface area contributed by atoms with Crippen molar-refractivity contribution in [3.05, 3.63) is 17.0 Å².